The monoisotopic (exact) mass is 398 g/mol. The highest BCUT2D eigenvalue weighted by Gasteiger charge is 2.38. The van der Waals surface area contributed by atoms with Crippen LogP contribution < -0.4 is 11.1 Å². The van der Waals surface area contributed by atoms with E-state index in [1.165, 1.54) is 42.9 Å². The van der Waals surface area contributed by atoms with E-state index in [-0.39, 0.29) is 22.6 Å². The van der Waals surface area contributed by atoms with E-state index in [2.05, 4.69) is 5.32 Å². The number of nitrogens with zero attached hydrogens (tertiary/aromatic N) is 1. The van der Waals surface area contributed by atoms with Crippen LogP contribution in [0.2, 0.25) is 0 Å². The van der Waals surface area contributed by atoms with E-state index in [9.17, 15) is 18.0 Å². The summed E-state index contributed by atoms with van der Waals surface area (Å²) in [5.74, 6) is -1.04. The number of amides is 1. The largest absolute Gasteiger partial charge is 0.472 e. The fraction of sp³-hybridized carbons (Fsp3) is 0.0500. The molecule has 146 valence electrons. The van der Waals surface area contributed by atoms with Crippen LogP contribution in [0.1, 0.15) is 32.6 Å². The molecular weight excluding hydrogens is 385 g/mol. The average Bonchev–Trinajstić information content (AvgIpc) is 3.22. The molecule has 2 aromatic carbocycles. The topological polar surface area (TPSA) is 116 Å². The van der Waals surface area contributed by atoms with Crippen molar-refractivity contribution in [2.75, 3.05) is 11.1 Å². The lowest BCUT2D eigenvalue weighted by Gasteiger charge is -2.15. The van der Waals surface area contributed by atoms with Crippen LogP contribution in [-0.4, -0.2) is 11.6 Å². The normalized spacial score (nSPS) is 11.0. The fourth-order valence-corrected chi connectivity index (χ4v) is 2.75. The number of rotatable bonds is 4. The van der Waals surface area contributed by atoms with Gasteiger partial charge in [-0.1, -0.05) is 6.07 Å². The Morgan fingerprint density at radius 3 is 2.55 bits per heavy atom. The number of carbonyl (C=O) groups is 1. The first-order chi connectivity index (χ1) is 13.7. The van der Waals surface area contributed by atoms with Crippen LogP contribution in [0.5, 0.6) is 0 Å². The van der Waals surface area contributed by atoms with Crippen LogP contribution in [0.4, 0.5) is 24.5 Å². The smallest absolute Gasteiger partial charge is 0.418 e. The Morgan fingerprint density at radius 2 is 1.93 bits per heavy atom. The number of benzene rings is 2. The van der Waals surface area contributed by atoms with Gasteiger partial charge in [-0.05, 0) is 36.4 Å². The minimum absolute atomic E-state index is 0.0230. The Hall–Kier alpha value is -4.06. The second-order valence-corrected chi connectivity index (χ2v) is 5.98. The molecule has 0 aliphatic heterocycles. The highest BCUT2D eigenvalue weighted by Crippen LogP contribution is 2.35. The molecule has 0 saturated carbocycles. The highest BCUT2D eigenvalue weighted by molar-refractivity contribution is 6.14. The molecule has 0 aliphatic carbocycles. The molecule has 6 nitrogen and oxygen atoms in total. The summed E-state index contributed by atoms with van der Waals surface area (Å²) in [5, 5.41) is 19.5. The Labute approximate surface area is 162 Å². The lowest BCUT2D eigenvalue weighted by Crippen LogP contribution is -2.20. The van der Waals surface area contributed by atoms with Gasteiger partial charge in [-0.2, -0.15) is 18.4 Å². The third-order valence-electron chi connectivity index (χ3n) is 4.10. The number of alkyl halides is 3. The zero-order chi connectivity index (χ0) is 21.2. The highest BCUT2D eigenvalue weighted by atomic mass is 19.4. The fourth-order valence-electron chi connectivity index (χ4n) is 2.75. The maximum absolute atomic E-state index is 13.4. The Kier molecular flexibility index (Phi) is 5.10. The molecule has 3 aromatic rings. The van der Waals surface area contributed by atoms with Crippen molar-refractivity contribution in [2.45, 2.75) is 6.18 Å². The summed E-state index contributed by atoms with van der Waals surface area (Å²) in [6, 6.07) is 10.4. The van der Waals surface area contributed by atoms with E-state index in [4.69, 9.17) is 20.8 Å². The first kappa shape index (κ1) is 19.7. The third-order valence-corrected chi connectivity index (χ3v) is 4.10. The van der Waals surface area contributed by atoms with Crippen LogP contribution in [0.25, 0.3) is 0 Å². The van der Waals surface area contributed by atoms with Crippen molar-refractivity contribution in [1.82, 2.24) is 0 Å². The number of halogens is 3. The molecular formula is C20H13F3N4O2. The molecule has 0 atom stereocenters. The molecule has 0 unspecified atom stereocenters. The van der Waals surface area contributed by atoms with Crippen molar-refractivity contribution in [3.05, 3.63) is 82.8 Å². The van der Waals surface area contributed by atoms with Crippen molar-refractivity contribution in [2.24, 2.45) is 0 Å². The lowest BCUT2D eigenvalue weighted by molar-refractivity contribution is -0.138. The van der Waals surface area contributed by atoms with Gasteiger partial charge in [0, 0.05) is 22.5 Å². The molecule has 1 heterocycles. The van der Waals surface area contributed by atoms with Gasteiger partial charge in [0.2, 0.25) is 0 Å². The summed E-state index contributed by atoms with van der Waals surface area (Å²) in [4.78, 5) is 12.5. The third kappa shape index (κ3) is 3.96. The predicted molar refractivity (Wildman–Crippen MR) is 99.6 cm³/mol. The van der Waals surface area contributed by atoms with E-state index in [0.717, 1.165) is 12.1 Å². The molecule has 0 saturated heterocycles. The van der Waals surface area contributed by atoms with Gasteiger partial charge < -0.3 is 15.5 Å². The second-order valence-electron chi connectivity index (χ2n) is 5.98. The van der Waals surface area contributed by atoms with Gasteiger partial charge in [0.1, 0.15) is 0 Å². The van der Waals surface area contributed by atoms with Crippen molar-refractivity contribution in [3.8, 4) is 6.07 Å². The Balaban J connectivity index is 1.96. The number of nitrogens with one attached hydrogen (secondary N) is 2. The van der Waals surface area contributed by atoms with Crippen LogP contribution in [0, 0.1) is 16.7 Å². The maximum Gasteiger partial charge on any atom is 0.418 e. The van der Waals surface area contributed by atoms with Crippen LogP contribution in [0.15, 0.2) is 59.4 Å². The van der Waals surface area contributed by atoms with E-state index in [1.54, 1.807) is 6.07 Å². The van der Waals surface area contributed by atoms with Gasteiger partial charge in [-0.15, -0.1) is 0 Å². The lowest BCUT2D eigenvalue weighted by atomic mass is 10.00. The van der Waals surface area contributed by atoms with Crippen molar-refractivity contribution in [1.29, 1.82) is 10.7 Å². The van der Waals surface area contributed by atoms with Gasteiger partial charge >= 0.3 is 6.18 Å². The first-order valence-corrected chi connectivity index (χ1v) is 8.15. The minimum Gasteiger partial charge on any atom is -0.472 e. The van der Waals surface area contributed by atoms with Crippen molar-refractivity contribution in [3.63, 3.8) is 0 Å². The first-order valence-electron chi connectivity index (χ1n) is 8.15. The molecule has 0 fully saturated rings. The van der Waals surface area contributed by atoms with Gasteiger partial charge in [0.15, 0.2) is 0 Å². The number of nitrogen functional groups attached to an aromatic ring is 1. The summed E-state index contributed by atoms with van der Waals surface area (Å²) in [6.45, 7) is 0. The van der Waals surface area contributed by atoms with Gasteiger partial charge in [-0.3, -0.25) is 10.2 Å². The van der Waals surface area contributed by atoms with Crippen LogP contribution in [0.3, 0.4) is 0 Å². The number of hydrogen-bond donors (Lipinski definition) is 3. The Morgan fingerprint density at radius 1 is 1.17 bits per heavy atom. The molecule has 1 aromatic heterocycles. The summed E-state index contributed by atoms with van der Waals surface area (Å²) < 4.78 is 45.1. The molecule has 0 bridgehead atoms. The number of nitriles is 1. The standard InChI is InChI=1S/C20H13F3N4O2/c21-20(22,23)17-11(9-24)2-1-3-14(17)19(28)27-13-4-5-16(25)15(8-13)18(26)12-6-7-29-10-12/h1-8,10,26H,25H2,(H,27,28). The predicted octanol–water partition coefficient (Wildman–Crippen LogP) is 4.42. The summed E-state index contributed by atoms with van der Waals surface area (Å²) in [5.41, 5.74) is 4.38. The number of anilines is 2. The average molecular weight is 398 g/mol. The quantitative estimate of drug-likeness (QED) is 0.445. The molecule has 9 heteroatoms. The zero-order valence-electron chi connectivity index (χ0n) is 14.7. The maximum atomic E-state index is 13.4. The van der Waals surface area contributed by atoms with Gasteiger partial charge in [0.25, 0.3) is 5.91 Å². The van der Waals surface area contributed by atoms with Crippen LogP contribution in [-0.2, 0) is 6.18 Å². The summed E-state index contributed by atoms with van der Waals surface area (Å²) >= 11 is 0. The van der Waals surface area contributed by atoms with E-state index >= 15 is 0 Å². The number of furan rings is 1. The molecule has 29 heavy (non-hydrogen) atoms. The SMILES string of the molecule is N#Cc1cccc(C(=O)Nc2ccc(N)c(C(=N)c3ccoc3)c2)c1C(F)(F)F. The number of hydrogen-bond acceptors (Lipinski definition) is 5. The zero-order valence-corrected chi connectivity index (χ0v) is 14.7. The van der Waals surface area contributed by atoms with Gasteiger partial charge in [-0.25, -0.2) is 0 Å². The second kappa shape index (κ2) is 7.52. The van der Waals surface area contributed by atoms with E-state index in [0.29, 0.717) is 5.56 Å². The van der Waals surface area contributed by atoms with E-state index < -0.39 is 28.8 Å². The summed E-state index contributed by atoms with van der Waals surface area (Å²) in [6.07, 6.45) is -2.16. The molecule has 0 spiro atoms. The molecule has 4 N–H and O–H groups in total. The van der Waals surface area contributed by atoms with Crippen molar-refractivity contribution >= 4 is 23.0 Å². The molecule has 1 amide bonds. The summed E-state index contributed by atoms with van der Waals surface area (Å²) in [7, 11) is 0. The van der Waals surface area contributed by atoms with Crippen molar-refractivity contribution < 1.29 is 22.4 Å². The minimum atomic E-state index is -4.88. The van der Waals surface area contributed by atoms with Crippen LogP contribution >= 0.6 is 0 Å². The number of nitrogens with two attached hydrogens (primary N) is 1. The Bertz CT molecular complexity index is 1130. The molecule has 0 radical (unpaired) electrons. The molecule has 0 aliphatic rings. The number of carbonyl (C=O) groups excluding carboxylic acids is 1. The molecule has 3 rings (SSSR count). The van der Waals surface area contributed by atoms with Gasteiger partial charge in [0.05, 0.1) is 41.0 Å². The van der Waals surface area contributed by atoms with E-state index in [1.807, 2.05) is 0 Å².